The van der Waals surface area contributed by atoms with Gasteiger partial charge in [-0.05, 0) is 30.3 Å². The van der Waals surface area contributed by atoms with Crippen LogP contribution in [0.3, 0.4) is 0 Å². The van der Waals surface area contributed by atoms with E-state index < -0.39 is 22.4 Å². The third kappa shape index (κ3) is 4.22. The average Bonchev–Trinajstić information content (AvgIpc) is 3.59. The highest BCUT2D eigenvalue weighted by molar-refractivity contribution is 7.96. The molecule has 1 N–H and O–H groups in total. The van der Waals surface area contributed by atoms with Gasteiger partial charge >= 0.3 is 6.61 Å². The van der Waals surface area contributed by atoms with Gasteiger partial charge < -0.3 is 10.1 Å². The van der Waals surface area contributed by atoms with Crippen molar-refractivity contribution in [1.82, 2.24) is 24.4 Å². The summed E-state index contributed by atoms with van der Waals surface area (Å²) in [6.07, 6.45) is 8.59. The van der Waals surface area contributed by atoms with E-state index in [1.807, 2.05) is 0 Å². The third-order valence-electron chi connectivity index (χ3n) is 5.26. The van der Waals surface area contributed by atoms with Gasteiger partial charge in [0.15, 0.2) is 5.65 Å². The molecule has 0 saturated heterocycles. The van der Waals surface area contributed by atoms with Gasteiger partial charge in [-0.15, -0.1) is 0 Å². The lowest BCUT2D eigenvalue weighted by Crippen LogP contribution is -2.13. The van der Waals surface area contributed by atoms with Crippen LogP contribution < -0.4 is 10.1 Å². The Hall–Kier alpha value is -4.46. The Bertz CT molecular complexity index is 1660. The zero-order chi connectivity index (χ0) is 25.4. The minimum atomic E-state index is -3.98. The number of hydrogen-bond donors (Lipinski definition) is 1. The lowest BCUT2D eigenvalue weighted by Gasteiger charge is -2.13. The first kappa shape index (κ1) is 23.3. The summed E-state index contributed by atoms with van der Waals surface area (Å²) in [6, 6.07) is 5.11. The van der Waals surface area contributed by atoms with Crippen LogP contribution in [-0.4, -0.2) is 58.1 Å². The molecule has 1 aliphatic rings. The van der Waals surface area contributed by atoms with Crippen LogP contribution in [-0.2, 0) is 16.9 Å². The summed E-state index contributed by atoms with van der Waals surface area (Å²) in [5.41, 5.74) is 0.575. The summed E-state index contributed by atoms with van der Waals surface area (Å²) in [4.78, 5) is 20.9. The number of hydrogen-bond acceptors (Lipinski definition) is 8. The molecule has 1 amide bonds. The number of fused-ring (bicyclic) bond motifs is 1. The van der Waals surface area contributed by atoms with Crippen molar-refractivity contribution >= 4 is 33.3 Å². The smallest absolute Gasteiger partial charge is 0.387 e. The number of carbonyl (C=O) groups is 1. The molecule has 0 aliphatic carbocycles. The van der Waals surface area contributed by atoms with Gasteiger partial charge in [-0.1, -0.05) is 0 Å². The van der Waals surface area contributed by atoms with Gasteiger partial charge in [0.05, 0.1) is 28.2 Å². The van der Waals surface area contributed by atoms with Crippen molar-refractivity contribution in [3.63, 3.8) is 0 Å². The zero-order valence-corrected chi connectivity index (χ0v) is 19.4. The molecule has 0 saturated carbocycles. The van der Waals surface area contributed by atoms with E-state index in [-0.39, 0.29) is 44.6 Å². The van der Waals surface area contributed by atoms with Crippen LogP contribution in [0.25, 0.3) is 16.9 Å². The zero-order valence-electron chi connectivity index (χ0n) is 18.5. The molecule has 4 heterocycles. The van der Waals surface area contributed by atoms with E-state index in [0.717, 1.165) is 12.1 Å². The van der Waals surface area contributed by atoms with Crippen LogP contribution in [0, 0.1) is 0 Å². The van der Waals surface area contributed by atoms with E-state index in [4.69, 9.17) is 0 Å². The molecule has 3 aromatic heterocycles. The second-order valence-corrected chi connectivity index (χ2v) is 9.56. The number of anilines is 1. The number of carbonyl (C=O) groups excluding carboxylic acids is 1. The standard InChI is InChI=1S/C22H17F2N7O4S/c1-30-12-17(28-21(32)16-11-27-31-8-2-6-26-20(16)31)19(29-30)15-9-13(3-4-18(15)35-22(23)24)36(33,34)14-5-7-25-10-14/h2-6,8-12,22H,7H2,1H3,(H,28,32). The fourth-order valence-corrected chi connectivity index (χ4v) is 4.97. The first-order valence-electron chi connectivity index (χ1n) is 10.4. The van der Waals surface area contributed by atoms with Gasteiger partial charge in [0.1, 0.15) is 17.0 Å². The highest BCUT2D eigenvalue weighted by Gasteiger charge is 2.26. The Labute approximate surface area is 202 Å². The molecule has 5 rings (SSSR count). The van der Waals surface area contributed by atoms with Crippen molar-refractivity contribution in [3.05, 3.63) is 65.6 Å². The van der Waals surface area contributed by atoms with Gasteiger partial charge in [-0.3, -0.25) is 14.5 Å². The van der Waals surface area contributed by atoms with Gasteiger partial charge in [0.2, 0.25) is 9.84 Å². The number of sulfone groups is 1. The molecule has 11 nitrogen and oxygen atoms in total. The summed E-state index contributed by atoms with van der Waals surface area (Å²) < 4.78 is 59.8. The molecule has 0 unspecified atom stereocenters. The van der Waals surface area contributed by atoms with Crippen molar-refractivity contribution in [3.8, 4) is 17.0 Å². The Balaban J connectivity index is 1.58. The average molecular weight is 513 g/mol. The number of rotatable bonds is 7. The van der Waals surface area contributed by atoms with Crippen molar-refractivity contribution in [2.24, 2.45) is 12.0 Å². The molecule has 0 spiro atoms. The van der Waals surface area contributed by atoms with E-state index in [2.05, 4.69) is 30.2 Å². The fourth-order valence-electron chi connectivity index (χ4n) is 3.67. The van der Waals surface area contributed by atoms with Gasteiger partial charge in [-0.25, -0.2) is 17.9 Å². The molecule has 0 atom stereocenters. The highest BCUT2D eigenvalue weighted by atomic mass is 32.2. The summed E-state index contributed by atoms with van der Waals surface area (Å²) in [5.74, 6) is -0.893. The molecular weight excluding hydrogens is 496 g/mol. The molecule has 4 aromatic rings. The topological polar surface area (TPSA) is 133 Å². The maximum Gasteiger partial charge on any atom is 0.387 e. The second-order valence-electron chi connectivity index (χ2n) is 7.61. The van der Waals surface area contributed by atoms with E-state index in [1.54, 1.807) is 19.3 Å². The summed E-state index contributed by atoms with van der Waals surface area (Å²) >= 11 is 0. The molecule has 0 bridgehead atoms. The van der Waals surface area contributed by atoms with E-state index in [0.29, 0.717) is 5.65 Å². The van der Waals surface area contributed by atoms with E-state index in [9.17, 15) is 22.0 Å². The molecule has 1 aliphatic heterocycles. The number of aromatic nitrogens is 5. The normalized spacial score (nSPS) is 13.4. The minimum absolute atomic E-state index is 0.00823. The number of alkyl halides is 2. The van der Waals surface area contributed by atoms with Gasteiger partial charge in [-0.2, -0.15) is 19.0 Å². The SMILES string of the molecule is Cn1cc(NC(=O)c2cnn3cccnc23)c(-c2cc(S(=O)(=O)C3=CCN=C3)ccc2OC(F)F)n1. The lowest BCUT2D eigenvalue weighted by atomic mass is 10.1. The van der Waals surface area contributed by atoms with E-state index in [1.165, 1.54) is 46.1 Å². The quantitative estimate of drug-likeness (QED) is 0.402. The number of allylic oxidation sites excluding steroid dienone is 1. The third-order valence-corrected chi connectivity index (χ3v) is 7.03. The van der Waals surface area contributed by atoms with Crippen molar-refractivity contribution in [2.45, 2.75) is 11.5 Å². The van der Waals surface area contributed by atoms with Crippen LogP contribution >= 0.6 is 0 Å². The molecular formula is C22H17F2N7O4S. The Morgan fingerprint density at radius 3 is 2.86 bits per heavy atom. The number of aliphatic imine (C=N–C) groups is 1. The maximum atomic E-state index is 13.2. The van der Waals surface area contributed by atoms with Crippen LogP contribution in [0.5, 0.6) is 5.75 Å². The van der Waals surface area contributed by atoms with Crippen LogP contribution in [0.4, 0.5) is 14.5 Å². The maximum absolute atomic E-state index is 13.2. The summed E-state index contributed by atoms with van der Waals surface area (Å²) in [6.45, 7) is -2.95. The Morgan fingerprint density at radius 1 is 1.28 bits per heavy atom. The summed E-state index contributed by atoms with van der Waals surface area (Å²) in [7, 11) is -2.42. The Kier molecular flexibility index (Phi) is 5.80. The summed E-state index contributed by atoms with van der Waals surface area (Å²) in [5, 5.41) is 11.0. The van der Waals surface area contributed by atoms with Crippen molar-refractivity contribution in [2.75, 3.05) is 11.9 Å². The molecule has 184 valence electrons. The highest BCUT2D eigenvalue weighted by Crippen LogP contribution is 2.38. The largest absolute Gasteiger partial charge is 0.434 e. The first-order chi connectivity index (χ1) is 17.2. The number of halogens is 2. The number of ether oxygens (including phenoxy) is 1. The lowest BCUT2D eigenvalue weighted by molar-refractivity contribution is -0.0494. The number of aryl methyl sites for hydroxylation is 1. The van der Waals surface area contributed by atoms with Crippen LogP contribution in [0.15, 0.2) is 69.9 Å². The van der Waals surface area contributed by atoms with Crippen molar-refractivity contribution in [1.29, 1.82) is 0 Å². The molecule has 14 heteroatoms. The molecule has 1 aromatic carbocycles. The van der Waals surface area contributed by atoms with Crippen molar-refractivity contribution < 1.29 is 26.7 Å². The molecule has 0 fully saturated rings. The minimum Gasteiger partial charge on any atom is -0.434 e. The first-order valence-corrected chi connectivity index (χ1v) is 11.9. The number of benzene rings is 1. The second kappa shape index (κ2) is 8.96. The number of nitrogens with zero attached hydrogens (tertiary/aromatic N) is 6. The Morgan fingerprint density at radius 2 is 2.11 bits per heavy atom. The van der Waals surface area contributed by atoms with E-state index >= 15 is 0 Å². The number of nitrogens with one attached hydrogen (secondary N) is 1. The number of amides is 1. The van der Waals surface area contributed by atoms with Gasteiger partial charge in [0.25, 0.3) is 5.91 Å². The fraction of sp³-hybridized carbons (Fsp3) is 0.136. The van der Waals surface area contributed by atoms with Crippen LogP contribution in [0.2, 0.25) is 0 Å². The molecule has 0 radical (unpaired) electrons. The predicted octanol–water partition coefficient (Wildman–Crippen LogP) is 2.73. The predicted molar refractivity (Wildman–Crippen MR) is 125 cm³/mol. The van der Waals surface area contributed by atoms with Crippen LogP contribution in [0.1, 0.15) is 10.4 Å². The molecule has 36 heavy (non-hydrogen) atoms. The van der Waals surface area contributed by atoms with Gasteiger partial charge in [0, 0.05) is 37.4 Å². The monoisotopic (exact) mass is 513 g/mol.